The van der Waals surface area contributed by atoms with Crippen molar-refractivity contribution < 1.29 is 24.2 Å². The van der Waals surface area contributed by atoms with E-state index < -0.39 is 17.4 Å². The molecule has 5 nitrogen and oxygen atoms in total. The number of hydrogen-bond donors (Lipinski definition) is 1. The first-order chi connectivity index (χ1) is 10.3. The summed E-state index contributed by atoms with van der Waals surface area (Å²) in [5.41, 5.74) is 0.339. The summed E-state index contributed by atoms with van der Waals surface area (Å²) < 4.78 is 10.3. The maximum absolute atomic E-state index is 12.5. The van der Waals surface area contributed by atoms with E-state index >= 15 is 0 Å². The highest BCUT2D eigenvalue weighted by Gasteiger charge is 2.48. The molecule has 0 unspecified atom stereocenters. The van der Waals surface area contributed by atoms with E-state index in [4.69, 9.17) is 14.6 Å². The van der Waals surface area contributed by atoms with Crippen LogP contribution < -0.4 is 0 Å². The summed E-state index contributed by atoms with van der Waals surface area (Å²) in [5, 5.41) is 9.01. The van der Waals surface area contributed by atoms with Gasteiger partial charge in [0.05, 0.1) is 19.8 Å². The predicted octanol–water partition coefficient (Wildman–Crippen LogP) is 2.78. The molecular formula is C17H28O5. The van der Waals surface area contributed by atoms with Gasteiger partial charge in [0.15, 0.2) is 5.41 Å². The topological polar surface area (TPSA) is 72.8 Å². The predicted molar refractivity (Wildman–Crippen MR) is 85.2 cm³/mol. The number of aliphatic hydroxyl groups is 1. The molecule has 0 saturated heterocycles. The van der Waals surface area contributed by atoms with Gasteiger partial charge in [0.1, 0.15) is 0 Å². The van der Waals surface area contributed by atoms with E-state index in [0.29, 0.717) is 0 Å². The molecule has 126 valence electrons. The van der Waals surface area contributed by atoms with Gasteiger partial charge < -0.3 is 14.6 Å². The number of esters is 2. The fourth-order valence-corrected chi connectivity index (χ4v) is 2.09. The molecule has 1 N–H and O–H groups in total. The number of aliphatic hydroxyl groups excluding tert-OH is 1. The van der Waals surface area contributed by atoms with Crippen LogP contribution in [0.3, 0.4) is 0 Å². The Morgan fingerprint density at radius 3 is 1.86 bits per heavy atom. The number of rotatable bonds is 9. The summed E-state index contributed by atoms with van der Waals surface area (Å²) in [5.74, 6) is -1.17. The van der Waals surface area contributed by atoms with Crippen LogP contribution in [0.25, 0.3) is 0 Å². The summed E-state index contributed by atoms with van der Waals surface area (Å²) in [7, 11) is 0. The first-order valence-electron chi connectivity index (χ1n) is 7.58. The molecule has 0 aliphatic rings. The van der Waals surface area contributed by atoms with Crippen LogP contribution in [-0.2, 0) is 19.1 Å². The normalized spacial score (nSPS) is 11.8. The molecular weight excluding hydrogens is 284 g/mol. The van der Waals surface area contributed by atoms with Gasteiger partial charge >= 0.3 is 11.9 Å². The number of hydrogen-bond acceptors (Lipinski definition) is 5. The quantitative estimate of drug-likeness (QED) is 0.402. The molecule has 0 fully saturated rings. The van der Waals surface area contributed by atoms with Gasteiger partial charge in [-0.25, -0.2) is 0 Å². The van der Waals surface area contributed by atoms with E-state index in [2.05, 4.69) is 0 Å². The van der Waals surface area contributed by atoms with Crippen LogP contribution in [0.4, 0.5) is 0 Å². The monoisotopic (exact) mass is 312 g/mol. The van der Waals surface area contributed by atoms with Crippen molar-refractivity contribution in [1.29, 1.82) is 0 Å². The molecule has 5 heteroatoms. The fraction of sp³-hybridized carbons (Fsp3) is 0.647. The number of allylic oxidation sites excluding steroid dienone is 3. The van der Waals surface area contributed by atoms with Crippen molar-refractivity contribution in [3.8, 4) is 0 Å². The number of ether oxygens (including phenoxy) is 2. The third-order valence-electron chi connectivity index (χ3n) is 3.21. The third-order valence-corrected chi connectivity index (χ3v) is 3.21. The molecule has 0 atom stereocenters. The third kappa shape index (κ3) is 6.02. The maximum Gasteiger partial charge on any atom is 0.324 e. The summed E-state index contributed by atoms with van der Waals surface area (Å²) in [6.07, 6.45) is 3.79. The van der Waals surface area contributed by atoms with Gasteiger partial charge in [0, 0.05) is 0 Å². The Morgan fingerprint density at radius 2 is 1.50 bits per heavy atom. The van der Waals surface area contributed by atoms with Crippen molar-refractivity contribution >= 4 is 11.9 Å². The minimum absolute atomic E-state index is 0.143. The Bertz CT molecular complexity index is 412. The smallest absolute Gasteiger partial charge is 0.324 e. The second-order valence-electron chi connectivity index (χ2n) is 5.42. The zero-order chi connectivity index (χ0) is 17.2. The average Bonchev–Trinajstić information content (AvgIpc) is 2.44. The van der Waals surface area contributed by atoms with Crippen molar-refractivity contribution in [2.75, 3.05) is 19.8 Å². The van der Waals surface area contributed by atoms with E-state index in [9.17, 15) is 9.59 Å². The van der Waals surface area contributed by atoms with Gasteiger partial charge in [-0.15, -0.1) is 0 Å². The lowest BCUT2D eigenvalue weighted by Gasteiger charge is -2.28. The summed E-state index contributed by atoms with van der Waals surface area (Å²) in [4.78, 5) is 25.0. The highest BCUT2D eigenvalue weighted by Crippen LogP contribution is 2.35. The molecule has 0 rings (SSSR count). The second kappa shape index (κ2) is 10.2. The van der Waals surface area contributed by atoms with E-state index in [1.165, 1.54) is 0 Å². The Kier molecular flexibility index (Phi) is 9.42. The first kappa shape index (κ1) is 20.4. The summed E-state index contributed by atoms with van der Waals surface area (Å²) in [6.45, 7) is 9.21. The van der Waals surface area contributed by atoms with Crippen LogP contribution in [0.15, 0.2) is 23.3 Å². The Hall–Kier alpha value is -1.62. The lowest BCUT2D eigenvalue weighted by atomic mass is 9.78. The van der Waals surface area contributed by atoms with Crippen LogP contribution >= 0.6 is 0 Å². The Morgan fingerprint density at radius 1 is 1.00 bits per heavy atom. The van der Waals surface area contributed by atoms with E-state index in [-0.39, 0.29) is 32.7 Å². The van der Waals surface area contributed by atoms with Crippen LogP contribution in [-0.4, -0.2) is 36.9 Å². The van der Waals surface area contributed by atoms with Crippen molar-refractivity contribution in [1.82, 2.24) is 0 Å². The molecule has 0 aliphatic heterocycles. The van der Waals surface area contributed by atoms with E-state index in [1.54, 1.807) is 26.8 Å². The van der Waals surface area contributed by atoms with Crippen molar-refractivity contribution in [3.05, 3.63) is 23.3 Å². The molecule has 0 saturated carbocycles. The minimum atomic E-state index is -1.40. The maximum atomic E-state index is 12.5. The van der Waals surface area contributed by atoms with E-state index in [1.807, 2.05) is 19.9 Å². The molecule has 0 aromatic carbocycles. The minimum Gasteiger partial charge on any atom is -0.465 e. The van der Waals surface area contributed by atoms with Crippen LogP contribution in [0, 0.1) is 5.41 Å². The Balaban J connectivity index is 5.77. The number of carbonyl (C=O) groups excluding carboxylic acids is 2. The van der Waals surface area contributed by atoms with Crippen molar-refractivity contribution in [2.24, 2.45) is 5.41 Å². The largest absolute Gasteiger partial charge is 0.465 e. The van der Waals surface area contributed by atoms with Gasteiger partial charge in [0.2, 0.25) is 0 Å². The standard InChI is InChI=1S/C17H28O5/c1-6-21-15(19)17(10-8-13(3)4,16(20)22-7-2)12-14(5)9-11-18/h8-9,18H,6-7,10-12H2,1-5H3/b14-9+. The first-order valence-corrected chi connectivity index (χ1v) is 7.58. The van der Waals surface area contributed by atoms with Gasteiger partial charge in [-0.05, 0) is 47.5 Å². The van der Waals surface area contributed by atoms with Gasteiger partial charge in [-0.1, -0.05) is 23.3 Å². The fourth-order valence-electron chi connectivity index (χ4n) is 2.09. The van der Waals surface area contributed by atoms with Crippen LogP contribution in [0.5, 0.6) is 0 Å². The van der Waals surface area contributed by atoms with Crippen LogP contribution in [0.1, 0.15) is 47.5 Å². The van der Waals surface area contributed by atoms with Gasteiger partial charge in [-0.3, -0.25) is 9.59 Å². The average molecular weight is 312 g/mol. The van der Waals surface area contributed by atoms with E-state index in [0.717, 1.165) is 11.1 Å². The van der Waals surface area contributed by atoms with Crippen molar-refractivity contribution in [2.45, 2.75) is 47.5 Å². The SMILES string of the molecule is CCOC(=O)C(CC=C(C)C)(C/C(C)=C/CO)C(=O)OCC. The Labute approximate surface area is 133 Å². The highest BCUT2D eigenvalue weighted by molar-refractivity contribution is 6.00. The highest BCUT2D eigenvalue weighted by atomic mass is 16.6. The lowest BCUT2D eigenvalue weighted by Crippen LogP contribution is -2.42. The van der Waals surface area contributed by atoms with Gasteiger partial charge in [-0.2, -0.15) is 0 Å². The molecule has 0 spiro atoms. The molecule has 22 heavy (non-hydrogen) atoms. The zero-order valence-electron chi connectivity index (χ0n) is 14.3. The van der Waals surface area contributed by atoms with Gasteiger partial charge in [0.25, 0.3) is 0 Å². The van der Waals surface area contributed by atoms with Crippen molar-refractivity contribution in [3.63, 3.8) is 0 Å². The second-order valence-corrected chi connectivity index (χ2v) is 5.42. The molecule has 0 aromatic rings. The molecule has 0 bridgehead atoms. The molecule has 0 radical (unpaired) electrons. The number of carbonyl (C=O) groups is 2. The molecule has 0 aromatic heterocycles. The molecule has 0 amide bonds. The molecule has 0 heterocycles. The zero-order valence-corrected chi connectivity index (χ0v) is 14.3. The molecule has 0 aliphatic carbocycles. The summed E-state index contributed by atoms with van der Waals surface area (Å²) >= 11 is 0. The van der Waals surface area contributed by atoms with Crippen LogP contribution in [0.2, 0.25) is 0 Å². The summed E-state index contributed by atoms with van der Waals surface area (Å²) in [6, 6.07) is 0. The lowest BCUT2D eigenvalue weighted by molar-refractivity contribution is -0.171.